The Morgan fingerprint density at radius 2 is 2.30 bits per heavy atom. The summed E-state index contributed by atoms with van der Waals surface area (Å²) in [6.07, 6.45) is 7.38. The molecule has 0 saturated heterocycles. The highest BCUT2D eigenvalue weighted by atomic mass is 16.3. The summed E-state index contributed by atoms with van der Waals surface area (Å²) < 4.78 is 0. The Labute approximate surface area is 158 Å². The lowest BCUT2D eigenvalue weighted by Gasteiger charge is -2.33. The Morgan fingerprint density at radius 3 is 3.07 bits per heavy atom. The van der Waals surface area contributed by atoms with Gasteiger partial charge in [0.1, 0.15) is 5.65 Å². The summed E-state index contributed by atoms with van der Waals surface area (Å²) in [5.74, 6) is 1.36. The van der Waals surface area contributed by atoms with Crippen LogP contribution < -0.4 is 10.9 Å². The Bertz CT molecular complexity index is 900. The number of nitrogens with zero attached hydrogens (tertiary/aromatic N) is 2. The molecular formula is C19H24BN4O3. The van der Waals surface area contributed by atoms with E-state index in [0.29, 0.717) is 23.8 Å². The van der Waals surface area contributed by atoms with Crippen molar-refractivity contribution in [3.63, 3.8) is 0 Å². The van der Waals surface area contributed by atoms with Gasteiger partial charge in [0.05, 0.1) is 24.5 Å². The van der Waals surface area contributed by atoms with Crippen LogP contribution in [0.2, 0.25) is 0 Å². The lowest BCUT2D eigenvalue weighted by Crippen LogP contribution is -2.37. The van der Waals surface area contributed by atoms with E-state index in [2.05, 4.69) is 15.4 Å². The molecule has 8 heteroatoms. The molecule has 0 aliphatic heterocycles. The van der Waals surface area contributed by atoms with E-state index in [0.717, 1.165) is 55.5 Å². The Hall–Kier alpha value is -1.90. The quantitative estimate of drug-likeness (QED) is 0.212. The molecule has 7 nitrogen and oxygen atoms in total. The molecule has 27 heavy (non-hydrogen) atoms. The number of rotatable bonds is 6. The smallest absolute Gasteiger partial charge is 0.329 e. The molecule has 1 radical (unpaired) electrons. The molecule has 0 spiro atoms. The topological polar surface area (TPSA) is 114 Å². The third-order valence-electron chi connectivity index (χ3n) is 6.86. The number of aromatic nitrogens is 2. The molecule has 4 saturated carbocycles. The van der Waals surface area contributed by atoms with Crippen LogP contribution in [0.5, 0.6) is 0 Å². The minimum absolute atomic E-state index is 0.00475. The van der Waals surface area contributed by atoms with Crippen LogP contribution in [-0.2, 0) is 0 Å². The molecule has 5 atom stereocenters. The van der Waals surface area contributed by atoms with E-state index in [-0.39, 0.29) is 18.4 Å². The number of fused-ring (bicyclic) bond motifs is 1. The Kier molecular flexibility index (Phi) is 4.03. The number of aromatic amines is 1. The molecule has 2 aromatic heterocycles. The number of hydrazone groups is 1. The molecule has 4 bridgehead atoms. The molecule has 5 unspecified atom stereocenters. The standard InChI is InChI=1S/C19H24BN4O3/c25-4-3-23-24-17(15-11-5-10-6-13(15)19(26,7-10)8-11)16-12-1-2-21-18(12)22-9-14(16)20-27/h1-2,9-11,13,15,23,25-27H,3-8H2,(H,21,22)/b24-17-. The fourth-order valence-electron chi connectivity index (χ4n) is 6.08. The molecular weight excluding hydrogens is 343 g/mol. The zero-order valence-corrected chi connectivity index (χ0v) is 15.1. The molecule has 2 aromatic rings. The van der Waals surface area contributed by atoms with Gasteiger partial charge in [-0.15, -0.1) is 0 Å². The highest BCUT2D eigenvalue weighted by molar-refractivity contribution is 6.49. The lowest BCUT2D eigenvalue weighted by atomic mass is 9.70. The summed E-state index contributed by atoms with van der Waals surface area (Å²) in [6.45, 7) is 0.354. The molecule has 4 aliphatic carbocycles. The number of hydrogen-bond donors (Lipinski definition) is 5. The zero-order chi connectivity index (χ0) is 18.6. The van der Waals surface area contributed by atoms with Crippen molar-refractivity contribution >= 4 is 29.7 Å². The Balaban J connectivity index is 1.65. The number of aliphatic hydroxyl groups is 2. The van der Waals surface area contributed by atoms with E-state index >= 15 is 0 Å². The second-order valence-corrected chi connectivity index (χ2v) is 8.33. The van der Waals surface area contributed by atoms with Crippen LogP contribution in [0, 0.1) is 23.7 Å². The molecule has 0 aromatic carbocycles. The molecule has 141 valence electrons. The largest absolute Gasteiger partial charge is 0.450 e. The lowest BCUT2D eigenvalue weighted by molar-refractivity contribution is 0.00919. The predicted octanol–water partition coefficient (Wildman–Crippen LogP) is -0.117. The van der Waals surface area contributed by atoms with Gasteiger partial charge in [-0.05, 0) is 55.0 Å². The van der Waals surface area contributed by atoms with Gasteiger partial charge < -0.3 is 25.6 Å². The van der Waals surface area contributed by atoms with E-state index in [1.54, 1.807) is 6.20 Å². The van der Waals surface area contributed by atoms with E-state index < -0.39 is 5.60 Å². The maximum atomic E-state index is 11.2. The predicted molar refractivity (Wildman–Crippen MR) is 103 cm³/mol. The number of nitrogens with one attached hydrogen (secondary N) is 2. The molecule has 2 heterocycles. The van der Waals surface area contributed by atoms with Crippen LogP contribution in [0.4, 0.5) is 0 Å². The van der Waals surface area contributed by atoms with Crippen LogP contribution in [0.3, 0.4) is 0 Å². The van der Waals surface area contributed by atoms with Crippen LogP contribution in [0.15, 0.2) is 23.6 Å². The SMILES string of the molecule is O[B]c1cnc2[nH]ccc2c1/C(=N\NCCO)C1C2CC3CC1C(O)(C3)C2. The van der Waals surface area contributed by atoms with Crippen molar-refractivity contribution in [1.82, 2.24) is 15.4 Å². The van der Waals surface area contributed by atoms with Crippen LogP contribution >= 0.6 is 0 Å². The van der Waals surface area contributed by atoms with Gasteiger partial charge in [-0.3, -0.25) is 0 Å². The van der Waals surface area contributed by atoms with Gasteiger partial charge in [-0.25, -0.2) is 4.98 Å². The molecule has 4 aliphatic rings. The normalized spacial score (nSPS) is 34.6. The second-order valence-electron chi connectivity index (χ2n) is 8.33. The number of hydrogen-bond acceptors (Lipinski definition) is 6. The third-order valence-corrected chi connectivity index (χ3v) is 6.86. The van der Waals surface area contributed by atoms with Gasteiger partial charge in [0.25, 0.3) is 0 Å². The minimum Gasteiger partial charge on any atom is -0.450 e. The first kappa shape index (κ1) is 17.2. The summed E-state index contributed by atoms with van der Waals surface area (Å²) in [7, 11) is 1.08. The van der Waals surface area contributed by atoms with Gasteiger partial charge >= 0.3 is 7.48 Å². The van der Waals surface area contributed by atoms with Crippen LogP contribution in [0.25, 0.3) is 11.0 Å². The fourth-order valence-corrected chi connectivity index (χ4v) is 6.08. The van der Waals surface area contributed by atoms with Crippen molar-refractivity contribution in [1.29, 1.82) is 0 Å². The average molecular weight is 367 g/mol. The monoisotopic (exact) mass is 367 g/mol. The molecule has 5 N–H and O–H groups in total. The second kappa shape index (κ2) is 6.33. The van der Waals surface area contributed by atoms with Gasteiger partial charge in [-0.1, -0.05) is 0 Å². The van der Waals surface area contributed by atoms with Gasteiger partial charge in [-0.2, -0.15) is 5.10 Å². The van der Waals surface area contributed by atoms with Crippen molar-refractivity contribution in [2.75, 3.05) is 13.2 Å². The number of H-pyrrole nitrogens is 1. The minimum atomic E-state index is -0.580. The summed E-state index contributed by atoms with van der Waals surface area (Å²) in [4.78, 5) is 7.50. The average Bonchev–Trinajstić information content (AvgIpc) is 3.27. The van der Waals surface area contributed by atoms with E-state index in [4.69, 9.17) is 5.10 Å². The molecule has 6 rings (SSSR count). The zero-order valence-electron chi connectivity index (χ0n) is 15.1. The van der Waals surface area contributed by atoms with Gasteiger partial charge in [0.2, 0.25) is 0 Å². The van der Waals surface area contributed by atoms with E-state index in [1.807, 2.05) is 12.3 Å². The van der Waals surface area contributed by atoms with Crippen molar-refractivity contribution in [2.24, 2.45) is 28.8 Å². The summed E-state index contributed by atoms with van der Waals surface area (Å²) in [5.41, 5.74) is 5.49. The Morgan fingerprint density at radius 1 is 1.41 bits per heavy atom. The summed E-state index contributed by atoms with van der Waals surface area (Å²) in [5, 5.41) is 35.8. The van der Waals surface area contributed by atoms with E-state index in [1.165, 1.54) is 0 Å². The van der Waals surface area contributed by atoms with Gasteiger partial charge in [0, 0.05) is 29.3 Å². The maximum absolute atomic E-state index is 11.2. The first-order valence-electron chi connectivity index (χ1n) is 9.72. The van der Waals surface area contributed by atoms with E-state index in [9.17, 15) is 15.2 Å². The van der Waals surface area contributed by atoms with Crippen molar-refractivity contribution < 1.29 is 15.2 Å². The first-order chi connectivity index (χ1) is 13.1. The van der Waals surface area contributed by atoms with Crippen molar-refractivity contribution in [2.45, 2.75) is 31.3 Å². The third kappa shape index (κ3) is 2.54. The van der Waals surface area contributed by atoms with Crippen molar-refractivity contribution in [3.8, 4) is 0 Å². The van der Waals surface area contributed by atoms with Crippen LogP contribution in [0.1, 0.15) is 31.2 Å². The van der Waals surface area contributed by atoms with Crippen molar-refractivity contribution in [3.05, 3.63) is 24.0 Å². The maximum Gasteiger partial charge on any atom is 0.329 e. The molecule has 4 fully saturated rings. The van der Waals surface area contributed by atoms with Gasteiger partial charge in [0.15, 0.2) is 0 Å². The van der Waals surface area contributed by atoms with Crippen LogP contribution in [-0.4, -0.2) is 57.2 Å². The highest BCUT2D eigenvalue weighted by Gasteiger charge is 2.63. The summed E-state index contributed by atoms with van der Waals surface area (Å²) >= 11 is 0. The highest BCUT2D eigenvalue weighted by Crippen LogP contribution is 2.63. The molecule has 0 amide bonds. The first-order valence-corrected chi connectivity index (χ1v) is 9.72. The fraction of sp³-hybridized carbons (Fsp3) is 0.579. The summed E-state index contributed by atoms with van der Waals surface area (Å²) in [6, 6.07) is 1.95. The number of pyridine rings is 1. The number of aliphatic hydroxyl groups excluding tert-OH is 1.